The van der Waals surface area contributed by atoms with Gasteiger partial charge in [-0.1, -0.05) is 12.1 Å². The molecule has 22 heavy (non-hydrogen) atoms. The van der Waals surface area contributed by atoms with Crippen molar-refractivity contribution in [2.45, 2.75) is 30.5 Å². The highest BCUT2D eigenvalue weighted by molar-refractivity contribution is 5.35. The SMILES string of the molecule is O=[N+]([O-])c1cccc(C(O)CC(O)(C(F)(F)F)C(F)(F)F)c1. The molecule has 0 aromatic heterocycles. The first kappa shape index (κ1) is 18.2. The van der Waals surface area contributed by atoms with E-state index >= 15 is 0 Å². The van der Waals surface area contributed by atoms with Gasteiger partial charge in [0.15, 0.2) is 0 Å². The van der Waals surface area contributed by atoms with Gasteiger partial charge in [0.25, 0.3) is 11.3 Å². The second kappa shape index (κ2) is 5.72. The number of alkyl halides is 6. The van der Waals surface area contributed by atoms with Crippen molar-refractivity contribution in [1.29, 1.82) is 0 Å². The minimum absolute atomic E-state index is 0.555. The summed E-state index contributed by atoms with van der Waals surface area (Å²) in [6.07, 6.45) is -16.7. The normalized spacial score (nSPS) is 14.7. The molecular formula is C11H9F6NO4. The average molecular weight is 333 g/mol. The molecule has 0 aliphatic heterocycles. The van der Waals surface area contributed by atoms with E-state index in [9.17, 15) is 41.6 Å². The fourth-order valence-electron chi connectivity index (χ4n) is 1.64. The van der Waals surface area contributed by atoms with Gasteiger partial charge in [-0.15, -0.1) is 0 Å². The molecule has 5 nitrogen and oxygen atoms in total. The fourth-order valence-corrected chi connectivity index (χ4v) is 1.64. The van der Waals surface area contributed by atoms with Crippen LogP contribution in [0.1, 0.15) is 18.1 Å². The molecule has 0 amide bonds. The van der Waals surface area contributed by atoms with Gasteiger partial charge in [0.2, 0.25) is 0 Å². The first-order valence-corrected chi connectivity index (χ1v) is 5.58. The van der Waals surface area contributed by atoms with E-state index in [-0.39, 0.29) is 0 Å². The maximum Gasteiger partial charge on any atom is 0.426 e. The summed E-state index contributed by atoms with van der Waals surface area (Å²) >= 11 is 0. The molecule has 0 fully saturated rings. The molecule has 0 radical (unpaired) electrons. The molecule has 0 heterocycles. The highest BCUT2D eigenvalue weighted by Gasteiger charge is 2.70. The van der Waals surface area contributed by atoms with Crippen molar-refractivity contribution >= 4 is 5.69 Å². The van der Waals surface area contributed by atoms with Gasteiger partial charge in [-0.2, -0.15) is 26.3 Å². The summed E-state index contributed by atoms with van der Waals surface area (Å²) in [7, 11) is 0. The third kappa shape index (κ3) is 3.47. The number of nitro groups is 1. The third-order valence-corrected chi connectivity index (χ3v) is 2.89. The molecule has 1 aromatic rings. The van der Waals surface area contributed by atoms with E-state index in [1.165, 1.54) is 0 Å². The first-order chi connectivity index (χ1) is 9.79. The van der Waals surface area contributed by atoms with Crippen LogP contribution in [0, 0.1) is 10.1 Å². The van der Waals surface area contributed by atoms with E-state index in [2.05, 4.69) is 0 Å². The molecule has 0 aliphatic carbocycles. The number of aliphatic hydroxyl groups excluding tert-OH is 1. The summed E-state index contributed by atoms with van der Waals surface area (Å²) in [6.45, 7) is 0. The van der Waals surface area contributed by atoms with Gasteiger partial charge in [0.05, 0.1) is 11.0 Å². The molecule has 0 spiro atoms. The zero-order valence-corrected chi connectivity index (χ0v) is 10.5. The van der Waals surface area contributed by atoms with Crippen molar-refractivity contribution in [2.24, 2.45) is 0 Å². The maximum atomic E-state index is 12.5. The molecule has 1 rings (SSSR count). The van der Waals surface area contributed by atoms with Gasteiger partial charge >= 0.3 is 12.4 Å². The van der Waals surface area contributed by atoms with Crippen LogP contribution in [-0.4, -0.2) is 33.1 Å². The Morgan fingerprint density at radius 1 is 1.14 bits per heavy atom. The standard InChI is InChI=1S/C11H9F6NO4/c12-10(13,14)9(20,11(15,16)17)5-8(19)6-2-1-3-7(4-6)18(21)22/h1-4,8,19-20H,5H2. The van der Waals surface area contributed by atoms with Crippen LogP contribution < -0.4 is 0 Å². The van der Waals surface area contributed by atoms with E-state index in [0.29, 0.717) is 6.07 Å². The molecule has 0 bridgehead atoms. The maximum absolute atomic E-state index is 12.5. The zero-order valence-electron chi connectivity index (χ0n) is 10.5. The molecule has 0 saturated heterocycles. The van der Waals surface area contributed by atoms with Crippen molar-refractivity contribution in [3.63, 3.8) is 0 Å². The van der Waals surface area contributed by atoms with Crippen LogP contribution >= 0.6 is 0 Å². The van der Waals surface area contributed by atoms with Gasteiger partial charge in [-0.3, -0.25) is 10.1 Å². The van der Waals surface area contributed by atoms with E-state index in [4.69, 9.17) is 5.11 Å². The van der Waals surface area contributed by atoms with Crippen LogP contribution in [0.25, 0.3) is 0 Å². The van der Waals surface area contributed by atoms with Crippen LogP contribution in [0.3, 0.4) is 0 Å². The summed E-state index contributed by atoms with van der Waals surface area (Å²) in [4.78, 5) is 9.56. The Kier molecular flexibility index (Phi) is 4.73. The van der Waals surface area contributed by atoms with E-state index in [1.807, 2.05) is 0 Å². The zero-order chi connectivity index (χ0) is 17.3. The number of aliphatic hydroxyl groups is 2. The summed E-state index contributed by atoms with van der Waals surface area (Å²) < 4.78 is 75.0. The van der Waals surface area contributed by atoms with E-state index in [1.54, 1.807) is 0 Å². The van der Waals surface area contributed by atoms with Gasteiger partial charge in [0, 0.05) is 18.6 Å². The predicted molar refractivity (Wildman–Crippen MR) is 59.7 cm³/mol. The molecule has 0 aliphatic rings. The van der Waals surface area contributed by atoms with Crippen LogP contribution in [0.15, 0.2) is 24.3 Å². The van der Waals surface area contributed by atoms with Crippen molar-refractivity contribution < 1.29 is 41.5 Å². The second-order valence-corrected chi connectivity index (χ2v) is 4.43. The van der Waals surface area contributed by atoms with Crippen LogP contribution in [0.5, 0.6) is 0 Å². The minimum atomic E-state index is -6.08. The van der Waals surface area contributed by atoms with Gasteiger partial charge in [-0.25, -0.2) is 0 Å². The lowest BCUT2D eigenvalue weighted by Crippen LogP contribution is -2.57. The largest absolute Gasteiger partial charge is 0.426 e. The number of rotatable bonds is 4. The number of benzene rings is 1. The predicted octanol–water partition coefficient (Wildman–Crippen LogP) is 2.87. The molecule has 1 atom stereocenters. The van der Waals surface area contributed by atoms with Gasteiger partial charge in [-0.05, 0) is 5.56 Å². The van der Waals surface area contributed by atoms with Crippen LogP contribution in [0.2, 0.25) is 0 Å². The molecule has 124 valence electrons. The monoisotopic (exact) mass is 333 g/mol. The van der Waals surface area contributed by atoms with E-state index in [0.717, 1.165) is 18.2 Å². The Labute approximate surface area is 118 Å². The number of nitrogens with zero attached hydrogens (tertiary/aromatic N) is 1. The molecular weight excluding hydrogens is 324 g/mol. The number of halogens is 6. The molecule has 1 unspecified atom stereocenters. The highest BCUT2D eigenvalue weighted by Crippen LogP contribution is 2.47. The lowest BCUT2D eigenvalue weighted by atomic mass is 9.91. The molecule has 0 saturated carbocycles. The smallest absolute Gasteiger partial charge is 0.388 e. The summed E-state index contributed by atoms with van der Waals surface area (Å²) in [5.74, 6) is 0. The van der Waals surface area contributed by atoms with Gasteiger partial charge < -0.3 is 10.2 Å². The topological polar surface area (TPSA) is 83.6 Å². The molecule has 11 heteroatoms. The Balaban J connectivity index is 3.15. The second-order valence-electron chi connectivity index (χ2n) is 4.43. The summed E-state index contributed by atoms with van der Waals surface area (Å²) in [6, 6.07) is 3.45. The van der Waals surface area contributed by atoms with Crippen LogP contribution in [-0.2, 0) is 0 Å². The average Bonchev–Trinajstić information content (AvgIpc) is 2.36. The Morgan fingerprint density at radius 3 is 2.05 bits per heavy atom. The molecule has 1 aromatic carbocycles. The summed E-state index contributed by atoms with van der Waals surface area (Å²) in [5, 5.41) is 29.0. The van der Waals surface area contributed by atoms with Gasteiger partial charge in [0.1, 0.15) is 0 Å². The van der Waals surface area contributed by atoms with Crippen molar-refractivity contribution in [2.75, 3.05) is 0 Å². The number of hydrogen-bond acceptors (Lipinski definition) is 4. The Bertz CT molecular complexity index is 542. The third-order valence-electron chi connectivity index (χ3n) is 2.89. The number of non-ortho nitro benzene ring substituents is 1. The first-order valence-electron chi connectivity index (χ1n) is 5.58. The Morgan fingerprint density at radius 2 is 1.64 bits per heavy atom. The lowest BCUT2D eigenvalue weighted by Gasteiger charge is -2.33. The van der Waals surface area contributed by atoms with Crippen molar-refractivity contribution in [1.82, 2.24) is 0 Å². The molecule has 2 N–H and O–H groups in total. The fraction of sp³-hybridized carbons (Fsp3) is 0.455. The number of hydrogen-bond donors (Lipinski definition) is 2. The van der Waals surface area contributed by atoms with Crippen molar-refractivity contribution in [3.8, 4) is 0 Å². The highest BCUT2D eigenvalue weighted by atomic mass is 19.4. The van der Waals surface area contributed by atoms with E-state index < -0.39 is 46.7 Å². The number of nitro benzene ring substituents is 1. The van der Waals surface area contributed by atoms with Crippen LogP contribution in [0.4, 0.5) is 32.0 Å². The summed E-state index contributed by atoms with van der Waals surface area (Å²) in [5.41, 5.74) is -6.32. The minimum Gasteiger partial charge on any atom is -0.388 e. The quantitative estimate of drug-likeness (QED) is 0.504. The van der Waals surface area contributed by atoms with Crippen molar-refractivity contribution in [3.05, 3.63) is 39.9 Å². The lowest BCUT2D eigenvalue weighted by molar-refractivity contribution is -0.385. The Hall–Kier alpha value is -1.88.